The molecule has 4 aromatic rings. The van der Waals surface area contributed by atoms with Crippen LogP contribution in [-0.2, 0) is 22.6 Å². The molecule has 0 aliphatic carbocycles. The predicted molar refractivity (Wildman–Crippen MR) is 111 cm³/mol. The van der Waals surface area contributed by atoms with Gasteiger partial charge in [-0.05, 0) is 31.0 Å². The van der Waals surface area contributed by atoms with E-state index in [1.807, 2.05) is 42.5 Å². The first-order valence-electron chi connectivity index (χ1n) is 9.67. The standard InChI is InChI=1S/C22H18N6O2/c29-21-19(16-12-24-17-9-2-1-8-15(16)17)20(22(30)25-21)18-13-28(27-26-18)11-5-7-14-6-3-4-10-23-14/h1-4,6,8-10,12-13,24H,5,7,11H2,(H,25,29,30). The van der Waals surface area contributed by atoms with Gasteiger partial charge in [0.2, 0.25) is 0 Å². The first-order valence-corrected chi connectivity index (χ1v) is 9.67. The van der Waals surface area contributed by atoms with Gasteiger partial charge in [0.25, 0.3) is 11.8 Å². The summed E-state index contributed by atoms with van der Waals surface area (Å²) >= 11 is 0. The Kier molecular flexibility index (Phi) is 4.44. The van der Waals surface area contributed by atoms with Gasteiger partial charge < -0.3 is 4.98 Å². The van der Waals surface area contributed by atoms with Gasteiger partial charge in [0.05, 0.1) is 17.3 Å². The molecule has 8 nitrogen and oxygen atoms in total. The summed E-state index contributed by atoms with van der Waals surface area (Å²) in [7, 11) is 0. The van der Waals surface area contributed by atoms with Gasteiger partial charge in [0, 0.05) is 41.1 Å². The monoisotopic (exact) mass is 398 g/mol. The number of fused-ring (bicyclic) bond motifs is 1. The van der Waals surface area contributed by atoms with E-state index < -0.39 is 11.8 Å². The average molecular weight is 398 g/mol. The SMILES string of the molecule is O=C1NC(=O)C(c2c[nH]c3ccccc23)=C1c1cn(CCCc2ccccn2)nn1. The molecule has 0 unspecified atom stereocenters. The smallest absolute Gasteiger partial charge is 0.261 e. The molecule has 1 aliphatic rings. The van der Waals surface area contributed by atoms with Crippen LogP contribution in [0.5, 0.6) is 0 Å². The van der Waals surface area contributed by atoms with Crippen molar-refractivity contribution >= 4 is 33.9 Å². The highest BCUT2D eigenvalue weighted by molar-refractivity contribution is 6.49. The molecule has 0 saturated heterocycles. The van der Waals surface area contributed by atoms with Crippen LogP contribution in [0.1, 0.15) is 23.4 Å². The van der Waals surface area contributed by atoms with Gasteiger partial charge in [-0.25, -0.2) is 0 Å². The van der Waals surface area contributed by atoms with E-state index in [0.717, 1.165) is 29.4 Å². The molecule has 1 aliphatic heterocycles. The Labute approximate surface area is 171 Å². The lowest BCUT2D eigenvalue weighted by Gasteiger charge is -2.01. The maximum atomic E-state index is 12.6. The number of aromatic nitrogens is 5. The number of carbonyl (C=O) groups excluding carboxylic acids is 2. The lowest BCUT2D eigenvalue weighted by Crippen LogP contribution is -2.22. The van der Waals surface area contributed by atoms with Gasteiger partial charge in [-0.15, -0.1) is 5.10 Å². The number of aromatic amines is 1. The van der Waals surface area contributed by atoms with Crippen molar-refractivity contribution in [3.8, 4) is 0 Å². The Bertz CT molecular complexity index is 1290. The fourth-order valence-electron chi connectivity index (χ4n) is 3.73. The molecule has 8 heteroatoms. The number of para-hydroxylation sites is 1. The highest BCUT2D eigenvalue weighted by Crippen LogP contribution is 2.34. The van der Waals surface area contributed by atoms with E-state index in [2.05, 4.69) is 25.6 Å². The zero-order chi connectivity index (χ0) is 20.5. The number of aryl methyl sites for hydroxylation is 2. The van der Waals surface area contributed by atoms with Crippen LogP contribution in [0, 0.1) is 0 Å². The van der Waals surface area contributed by atoms with E-state index in [1.165, 1.54) is 0 Å². The summed E-state index contributed by atoms with van der Waals surface area (Å²) in [5.41, 5.74) is 3.54. The number of rotatable bonds is 6. The molecule has 0 radical (unpaired) electrons. The van der Waals surface area contributed by atoms with Crippen molar-refractivity contribution in [2.45, 2.75) is 19.4 Å². The van der Waals surface area contributed by atoms with Crippen molar-refractivity contribution in [1.82, 2.24) is 30.3 Å². The highest BCUT2D eigenvalue weighted by Gasteiger charge is 2.34. The summed E-state index contributed by atoms with van der Waals surface area (Å²) < 4.78 is 1.69. The number of carbonyl (C=O) groups is 2. The second-order valence-electron chi connectivity index (χ2n) is 7.07. The Morgan fingerprint density at radius 1 is 0.967 bits per heavy atom. The van der Waals surface area contributed by atoms with Crippen LogP contribution < -0.4 is 5.32 Å². The summed E-state index contributed by atoms with van der Waals surface area (Å²) in [6, 6.07) is 13.5. The summed E-state index contributed by atoms with van der Waals surface area (Å²) in [5.74, 6) is -0.884. The van der Waals surface area contributed by atoms with Crippen LogP contribution in [0.2, 0.25) is 0 Å². The van der Waals surface area contributed by atoms with Gasteiger partial charge in [-0.2, -0.15) is 0 Å². The molecule has 0 atom stereocenters. The van der Waals surface area contributed by atoms with Crippen LogP contribution in [0.25, 0.3) is 22.0 Å². The molecule has 0 bridgehead atoms. The van der Waals surface area contributed by atoms with Crippen LogP contribution in [0.3, 0.4) is 0 Å². The normalized spacial score (nSPS) is 14.0. The van der Waals surface area contributed by atoms with Gasteiger partial charge >= 0.3 is 0 Å². The lowest BCUT2D eigenvalue weighted by atomic mass is 9.99. The van der Waals surface area contributed by atoms with Crippen molar-refractivity contribution in [2.24, 2.45) is 0 Å². The van der Waals surface area contributed by atoms with Crippen molar-refractivity contribution in [3.05, 3.63) is 78.0 Å². The number of imide groups is 1. The zero-order valence-corrected chi connectivity index (χ0v) is 16.0. The molecule has 0 spiro atoms. The first-order chi connectivity index (χ1) is 14.7. The van der Waals surface area contributed by atoms with E-state index in [0.29, 0.717) is 23.4 Å². The quantitative estimate of drug-likeness (QED) is 0.485. The lowest BCUT2D eigenvalue weighted by molar-refractivity contribution is -0.122. The third-order valence-corrected chi connectivity index (χ3v) is 5.13. The number of H-pyrrole nitrogens is 1. The summed E-state index contributed by atoms with van der Waals surface area (Å²) in [6.45, 7) is 0.634. The van der Waals surface area contributed by atoms with Gasteiger partial charge in [-0.1, -0.05) is 29.5 Å². The van der Waals surface area contributed by atoms with E-state index in [1.54, 1.807) is 23.3 Å². The number of amides is 2. The third-order valence-electron chi connectivity index (χ3n) is 5.13. The number of nitrogens with zero attached hydrogens (tertiary/aromatic N) is 4. The van der Waals surface area contributed by atoms with E-state index in [9.17, 15) is 9.59 Å². The number of pyridine rings is 1. The Hall–Kier alpha value is -4.07. The molecule has 30 heavy (non-hydrogen) atoms. The van der Waals surface area contributed by atoms with E-state index in [4.69, 9.17) is 0 Å². The molecule has 2 N–H and O–H groups in total. The Balaban J connectivity index is 1.44. The van der Waals surface area contributed by atoms with Gasteiger partial charge in [0.1, 0.15) is 5.69 Å². The molecular weight excluding hydrogens is 380 g/mol. The molecule has 0 fully saturated rings. The van der Waals surface area contributed by atoms with Crippen LogP contribution in [0.15, 0.2) is 61.1 Å². The maximum absolute atomic E-state index is 12.6. The van der Waals surface area contributed by atoms with Crippen molar-refractivity contribution in [3.63, 3.8) is 0 Å². The minimum absolute atomic E-state index is 0.251. The average Bonchev–Trinajstić information content (AvgIpc) is 3.46. The number of benzene rings is 1. The van der Waals surface area contributed by atoms with Crippen LogP contribution in [-0.4, -0.2) is 36.8 Å². The number of hydrogen-bond acceptors (Lipinski definition) is 5. The highest BCUT2D eigenvalue weighted by atomic mass is 16.2. The van der Waals surface area contributed by atoms with Crippen LogP contribution in [0.4, 0.5) is 0 Å². The number of hydrogen-bond donors (Lipinski definition) is 2. The fourth-order valence-corrected chi connectivity index (χ4v) is 3.73. The Morgan fingerprint density at radius 2 is 1.80 bits per heavy atom. The largest absolute Gasteiger partial charge is 0.361 e. The third kappa shape index (κ3) is 3.18. The summed E-state index contributed by atoms with van der Waals surface area (Å²) in [6.07, 6.45) is 6.88. The zero-order valence-electron chi connectivity index (χ0n) is 16.0. The Morgan fingerprint density at radius 3 is 2.67 bits per heavy atom. The second-order valence-corrected chi connectivity index (χ2v) is 7.07. The fraction of sp³-hybridized carbons (Fsp3) is 0.136. The topological polar surface area (TPSA) is 106 Å². The second kappa shape index (κ2) is 7.40. The molecule has 3 aromatic heterocycles. The van der Waals surface area contributed by atoms with Gasteiger partial charge in [-0.3, -0.25) is 24.6 Å². The van der Waals surface area contributed by atoms with Crippen LogP contribution >= 0.6 is 0 Å². The molecule has 148 valence electrons. The summed E-state index contributed by atoms with van der Waals surface area (Å²) in [5, 5.41) is 11.6. The molecule has 0 saturated carbocycles. The van der Waals surface area contributed by atoms with Crippen molar-refractivity contribution < 1.29 is 9.59 Å². The van der Waals surface area contributed by atoms with Gasteiger partial charge in [0.15, 0.2) is 0 Å². The van der Waals surface area contributed by atoms with Crippen molar-refractivity contribution in [2.75, 3.05) is 0 Å². The molecule has 4 heterocycles. The number of nitrogens with one attached hydrogen (secondary N) is 2. The maximum Gasteiger partial charge on any atom is 0.261 e. The molecule has 2 amide bonds. The molecular formula is C22H18N6O2. The minimum atomic E-state index is -0.458. The summed E-state index contributed by atoms with van der Waals surface area (Å²) in [4.78, 5) is 32.6. The van der Waals surface area contributed by atoms with E-state index in [-0.39, 0.29) is 5.57 Å². The van der Waals surface area contributed by atoms with Crippen molar-refractivity contribution in [1.29, 1.82) is 0 Å². The minimum Gasteiger partial charge on any atom is -0.361 e. The molecule has 5 rings (SSSR count). The molecule has 1 aromatic carbocycles. The first kappa shape index (κ1) is 18.0. The predicted octanol–water partition coefficient (Wildman–Crippen LogP) is 2.35. The van der Waals surface area contributed by atoms with E-state index >= 15 is 0 Å².